The lowest BCUT2D eigenvalue weighted by Crippen LogP contribution is -2.23. The van der Waals surface area contributed by atoms with Gasteiger partial charge in [-0.2, -0.15) is 0 Å². The van der Waals surface area contributed by atoms with Crippen molar-refractivity contribution in [3.05, 3.63) is 63.7 Å². The highest BCUT2D eigenvalue weighted by Crippen LogP contribution is 2.16. The van der Waals surface area contributed by atoms with Gasteiger partial charge in [0.25, 0.3) is 11.5 Å². The topological polar surface area (TPSA) is 76.9 Å². The number of fused-ring (bicyclic) bond motifs is 1. The molecule has 0 aliphatic heterocycles. The molecule has 122 valence electrons. The number of aromatic nitrogens is 3. The van der Waals surface area contributed by atoms with Crippen molar-refractivity contribution in [2.45, 2.75) is 27.3 Å². The van der Waals surface area contributed by atoms with Gasteiger partial charge in [-0.25, -0.2) is 9.97 Å². The summed E-state index contributed by atoms with van der Waals surface area (Å²) >= 11 is 0. The van der Waals surface area contributed by atoms with Gasteiger partial charge in [0.05, 0.1) is 11.0 Å². The van der Waals surface area contributed by atoms with Crippen LogP contribution in [0.5, 0.6) is 0 Å². The molecular formula is C18H18N4O2. The van der Waals surface area contributed by atoms with Gasteiger partial charge in [0.15, 0.2) is 0 Å². The summed E-state index contributed by atoms with van der Waals surface area (Å²) < 4.78 is 1.66. The highest BCUT2D eigenvalue weighted by Gasteiger charge is 2.12. The summed E-state index contributed by atoms with van der Waals surface area (Å²) in [5.41, 5.74) is 3.02. The molecule has 6 nitrogen and oxygen atoms in total. The largest absolute Gasteiger partial charge is 0.306 e. The molecule has 2 heterocycles. The van der Waals surface area contributed by atoms with Crippen LogP contribution in [-0.2, 0) is 6.54 Å². The van der Waals surface area contributed by atoms with Crippen molar-refractivity contribution in [2.75, 3.05) is 5.32 Å². The molecule has 0 saturated heterocycles. The lowest BCUT2D eigenvalue weighted by atomic mass is 10.1. The van der Waals surface area contributed by atoms with Gasteiger partial charge in [0.2, 0.25) is 0 Å². The highest BCUT2D eigenvalue weighted by molar-refractivity contribution is 6.05. The van der Waals surface area contributed by atoms with E-state index < -0.39 is 0 Å². The number of pyridine rings is 1. The van der Waals surface area contributed by atoms with E-state index in [0.717, 1.165) is 11.1 Å². The van der Waals surface area contributed by atoms with E-state index in [0.29, 0.717) is 29.1 Å². The Labute approximate surface area is 139 Å². The third-order valence-electron chi connectivity index (χ3n) is 3.93. The SMILES string of the molecule is CCn1c(=O)c(C)nc2cc(C(=O)Nc3ncccc3C)ccc21. The van der Waals surface area contributed by atoms with E-state index in [1.54, 1.807) is 35.9 Å². The Bertz CT molecular complexity index is 992. The smallest absolute Gasteiger partial charge is 0.272 e. The molecule has 0 saturated carbocycles. The first-order valence-electron chi connectivity index (χ1n) is 7.75. The summed E-state index contributed by atoms with van der Waals surface area (Å²) in [7, 11) is 0. The molecule has 0 fully saturated rings. The van der Waals surface area contributed by atoms with Crippen LogP contribution < -0.4 is 10.9 Å². The number of nitrogens with one attached hydrogen (secondary N) is 1. The Morgan fingerprint density at radius 1 is 1.25 bits per heavy atom. The van der Waals surface area contributed by atoms with E-state index in [1.807, 2.05) is 26.0 Å². The van der Waals surface area contributed by atoms with Crippen LogP contribution in [0.3, 0.4) is 0 Å². The first-order chi connectivity index (χ1) is 11.5. The molecule has 0 spiro atoms. The zero-order valence-corrected chi connectivity index (χ0v) is 13.8. The van der Waals surface area contributed by atoms with Crippen molar-refractivity contribution < 1.29 is 4.79 Å². The first-order valence-corrected chi connectivity index (χ1v) is 7.75. The summed E-state index contributed by atoms with van der Waals surface area (Å²) in [4.78, 5) is 33.1. The predicted octanol–water partition coefficient (Wildman–Crippen LogP) is 2.68. The first kappa shape index (κ1) is 15.9. The van der Waals surface area contributed by atoms with Crippen LogP contribution >= 0.6 is 0 Å². The summed E-state index contributed by atoms with van der Waals surface area (Å²) in [6.45, 7) is 6.02. The fourth-order valence-corrected chi connectivity index (χ4v) is 2.63. The van der Waals surface area contributed by atoms with Gasteiger partial charge in [-0.15, -0.1) is 0 Å². The van der Waals surface area contributed by atoms with Crippen molar-refractivity contribution in [1.82, 2.24) is 14.5 Å². The van der Waals surface area contributed by atoms with Crippen LogP contribution in [0.4, 0.5) is 5.82 Å². The van der Waals surface area contributed by atoms with E-state index in [1.165, 1.54) is 0 Å². The lowest BCUT2D eigenvalue weighted by molar-refractivity contribution is 0.102. The molecule has 0 aliphatic carbocycles. The summed E-state index contributed by atoms with van der Waals surface area (Å²) in [5.74, 6) is 0.276. The Hall–Kier alpha value is -3.02. The molecule has 1 aromatic carbocycles. The van der Waals surface area contributed by atoms with Crippen LogP contribution in [0.1, 0.15) is 28.5 Å². The molecular weight excluding hydrogens is 304 g/mol. The van der Waals surface area contributed by atoms with E-state index >= 15 is 0 Å². The van der Waals surface area contributed by atoms with Crippen LogP contribution in [0, 0.1) is 13.8 Å². The van der Waals surface area contributed by atoms with Gasteiger partial charge in [0.1, 0.15) is 11.5 Å². The lowest BCUT2D eigenvalue weighted by Gasteiger charge is -2.11. The van der Waals surface area contributed by atoms with Crippen molar-refractivity contribution in [1.29, 1.82) is 0 Å². The van der Waals surface area contributed by atoms with Gasteiger partial charge < -0.3 is 9.88 Å². The maximum atomic E-state index is 12.5. The molecule has 3 aromatic rings. The Morgan fingerprint density at radius 3 is 2.75 bits per heavy atom. The molecule has 1 N–H and O–H groups in total. The van der Waals surface area contributed by atoms with E-state index in [9.17, 15) is 9.59 Å². The minimum atomic E-state index is -0.257. The summed E-state index contributed by atoms with van der Waals surface area (Å²) in [6.07, 6.45) is 1.63. The van der Waals surface area contributed by atoms with E-state index in [4.69, 9.17) is 0 Å². The second kappa shape index (κ2) is 6.23. The summed E-state index contributed by atoms with van der Waals surface area (Å²) in [6, 6.07) is 8.85. The maximum Gasteiger partial charge on any atom is 0.272 e. The number of carbonyl (C=O) groups excluding carboxylic acids is 1. The van der Waals surface area contributed by atoms with Crippen LogP contribution in [0.2, 0.25) is 0 Å². The number of amides is 1. The Kier molecular flexibility index (Phi) is 4.12. The van der Waals surface area contributed by atoms with Crippen molar-refractivity contribution >= 4 is 22.8 Å². The molecule has 3 rings (SSSR count). The molecule has 1 amide bonds. The predicted molar refractivity (Wildman–Crippen MR) is 93.3 cm³/mol. The Balaban J connectivity index is 2.02. The van der Waals surface area contributed by atoms with Gasteiger partial charge in [-0.3, -0.25) is 9.59 Å². The summed E-state index contributed by atoms with van der Waals surface area (Å²) in [5, 5.41) is 2.80. The number of hydrogen-bond acceptors (Lipinski definition) is 4. The van der Waals surface area contributed by atoms with Crippen molar-refractivity contribution in [3.63, 3.8) is 0 Å². The zero-order valence-electron chi connectivity index (χ0n) is 13.8. The molecule has 0 radical (unpaired) electrons. The molecule has 0 unspecified atom stereocenters. The van der Waals surface area contributed by atoms with Crippen LogP contribution in [-0.4, -0.2) is 20.4 Å². The van der Waals surface area contributed by atoms with Crippen LogP contribution in [0.25, 0.3) is 11.0 Å². The minimum Gasteiger partial charge on any atom is -0.306 e. The fourth-order valence-electron chi connectivity index (χ4n) is 2.63. The quantitative estimate of drug-likeness (QED) is 0.804. The molecule has 24 heavy (non-hydrogen) atoms. The zero-order chi connectivity index (χ0) is 17.3. The molecule has 2 aromatic heterocycles. The van der Waals surface area contributed by atoms with Crippen molar-refractivity contribution in [2.24, 2.45) is 0 Å². The number of rotatable bonds is 3. The molecule has 0 aliphatic rings. The van der Waals surface area contributed by atoms with Gasteiger partial charge in [-0.05, 0) is 50.6 Å². The minimum absolute atomic E-state index is 0.105. The Morgan fingerprint density at radius 2 is 2.04 bits per heavy atom. The fraction of sp³-hybridized carbons (Fsp3) is 0.222. The number of hydrogen-bond donors (Lipinski definition) is 1. The van der Waals surface area contributed by atoms with Crippen molar-refractivity contribution in [3.8, 4) is 0 Å². The second-order valence-corrected chi connectivity index (χ2v) is 5.57. The number of aryl methyl sites for hydroxylation is 3. The highest BCUT2D eigenvalue weighted by atomic mass is 16.1. The third kappa shape index (κ3) is 2.78. The van der Waals surface area contributed by atoms with Gasteiger partial charge >= 0.3 is 0 Å². The molecule has 0 bridgehead atoms. The van der Waals surface area contributed by atoms with Gasteiger partial charge in [0, 0.05) is 18.3 Å². The van der Waals surface area contributed by atoms with E-state index in [2.05, 4.69) is 15.3 Å². The standard InChI is InChI=1S/C18H18N4O2/c1-4-22-15-8-7-13(10-14(15)20-12(3)18(22)24)17(23)21-16-11(2)6-5-9-19-16/h5-10H,4H2,1-3H3,(H,19,21,23). The monoisotopic (exact) mass is 322 g/mol. The average molecular weight is 322 g/mol. The number of carbonyl (C=O) groups is 1. The second-order valence-electron chi connectivity index (χ2n) is 5.57. The van der Waals surface area contributed by atoms with Crippen LogP contribution in [0.15, 0.2) is 41.3 Å². The third-order valence-corrected chi connectivity index (χ3v) is 3.93. The van der Waals surface area contributed by atoms with Gasteiger partial charge in [-0.1, -0.05) is 6.07 Å². The average Bonchev–Trinajstić information content (AvgIpc) is 2.57. The molecule has 0 atom stereocenters. The number of anilines is 1. The number of benzene rings is 1. The van der Waals surface area contributed by atoms with E-state index in [-0.39, 0.29) is 11.5 Å². The maximum absolute atomic E-state index is 12.5. The normalized spacial score (nSPS) is 10.8. The number of nitrogens with zero attached hydrogens (tertiary/aromatic N) is 3. The molecule has 6 heteroatoms.